The molecule has 13 heteroatoms. The second-order valence-electron chi connectivity index (χ2n) is 11.7. The fourth-order valence-corrected chi connectivity index (χ4v) is 6.31. The van der Waals surface area contributed by atoms with Crippen LogP contribution in [0.2, 0.25) is 0 Å². The second kappa shape index (κ2) is 13.1. The van der Waals surface area contributed by atoms with Crippen LogP contribution in [0.25, 0.3) is 6.08 Å². The van der Waals surface area contributed by atoms with E-state index in [4.69, 9.17) is 15.9 Å². The van der Waals surface area contributed by atoms with Crippen molar-refractivity contribution in [2.75, 3.05) is 43.6 Å². The predicted octanol–water partition coefficient (Wildman–Crippen LogP) is 4.11. The number of aromatic nitrogens is 3. The Kier molecular flexibility index (Phi) is 9.27. The molecule has 5 rings (SSSR count). The average molecular weight is 618 g/mol. The van der Waals surface area contributed by atoms with E-state index in [0.29, 0.717) is 56.5 Å². The van der Waals surface area contributed by atoms with Crippen LogP contribution in [0.4, 0.5) is 26.1 Å². The SMILES string of the molecule is CC(=O)N(C)[C@@H]1[C@H](N)CN(c2ccncc2Nc2ncc(/C=C\C(=N)c3c(F)cc(C4(C#N)CCOCC4)cc3F)[nH]2)C[C@@H]1C. The number of anilines is 3. The van der Waals surface area contributed by atoms with Gasteiger partial charge in [0.1, 0.15) is 11.6 Å². The molecule has 0 spiro atoms. The van der Waals surface area contributed by atoms with E-state index in [1.165, 1.54) is 18.3 Å². The number of halogens is 2. The quantitative estimate of drug-likeness (QED) is 0.275. The largest absolute Gasteiger partial charge is 0.381 e. The van der Waals surface area contributed by atoms with Crippen molar-refractivity contribution < 1.29 is 18.3 Å². The number of pyridine rings is 1. The normalized spacial score (nSPS) is 21.4. The number of amides is 1. The lowest BCUT2D eigenvalue weighted by atomic mass is 9.75. The zero-order valence-corrected chi connectivity index (χ0v) is 25.5. The number of H-pyrrole nitrogens is 1. The molecule has 0 radical (unpaired) electrons. The van der Waals surface area contributed by atoms with Crippen molar-refractivity contribution in [1.29, 1.82) is 10.7 Å². The molecule has 45 heavy (non-hydrogen) atoms. The van der Waals surface area contributed by atoms with Gasteiger partial charge in [-0.3, -0.25) is 9.78 Å². The number of likely N-dealkylation sites (N-methyl/N-ethyl adjacent to an activating group) is 1. The van der Waals surface area contributed by atoms with Crippen LogP contribution < -0.4 is 16.0 Å². The van der Waals surface area contributed by atoms with Gasteiger partial charge in [0.15, 0.2) is 0 Å². The van der Waals surface area contributed by atoms with Crippen LogP contribution in [0, 0.1) is 34.3 Å². The third-order valence-electron chi connectivity index (χ3n) is 8.75. The molecule has 0 saturated carbocycles. The standard InChI is InChI=1S/C32H37F2N9O2/c1-19-16-43(17-26(37)30(19)42(3)20(2)44)28-6-9-38-15-27(28)41-31-39-14-22(40-31)4-5-25(36)29-23(33)12-21(13-24(29)34)32(18-35)7-10-45-11-8-32/h4-6,9,12-15,19,26,30,36H,7-8,10-11,16-17,37H2,1-3H3,(H2,39,40,41)/b5-4-,36-25?/t19-,26+,30-/m0/s1. The average Bonchev–Trinajstić information content (AvgIpc) is 3.47. The summed E-state index contributed by atoms with van der Waals surface area (Å²) in [5, 5.41) is 21.3. The van der Waals surface area contributed by atoms with Crippen LogP contribution in [-0.2, 0) is 14.9 Å². The summed E-state index contributed by atoms with van der Waals surface area (Å²) in [4.78, 5) is 27.5. The van der Waals surface area contributed by atoms with Gasteiger partial charge < -0.3 is 36.0 Å². The number of imidazole rings is 1. The number of ether oxygens (including phenoxy) is 1. The number of hydrogen-bond acceptors (Lipinski definition) is 9. The Hall–Kier alpha value is -4.67. The lowest BCUT2D eigenvalue weighted by Crippen LogP contribution is -2.62. The fourth-order valence-electron chi connectivity index (χ4n) is 6.31. The Morgan fingerprint density at radius 2 is 2.00 bits per heavy atom. The van der Waals surface area contributed by atoms with Gasteiger partial charge >= 0.3 is 0 Å². The molecule has 3 atom stereocenters. The van der Waals surface area contributed by atoms with Gasteiger partial charge in [-0.05, 0) is 54.7 Å². The van der Waals surface area contributed by atoms with E-state index in [1.807, 2.05) is 6.07 Å². The minimum Gasteiger partial charge on any atom is -0.381 e. The number of hydrogen-bond donors (Lipinski definition) is 4. The third-order valence-corrected chi connectivity index (χ3v) is 8.75. The number of carbonyl (C=O) groups excluding carboxylic acids is 1. The van der Waals surface area contributed by atoms with E-state index in [-0.39, 0.29) is 35.2 Å². The Balaban J connectivity index is 1.28. The monoisotopic (exact) mass is 617 g/mol. The minimum absolute atomic E-state index is 0.0212. The Labute approximate surface area is 260 Å². The lowest BCUT2D eigenvalue weighted by molar-refractivity contribution is -0.131. The molecule has 236 valence electrons. The number of carbonyl (C=O) groups is 1. The van der Waals surface area contributed by atoms with E-state index in [9.17, 15) is 10.1 Å². The molecule has 0 unspecified atom stereocenters. The van der Waals surface area contributed by atoms with E-state index in [0.717, 1.165) is 17.8 Å². The molecule has 2 fully saturated rings. The van der Waals surface area contributed by atoms with Crippen molar-refractivity contribution in [3.05, 3.63) is 71.3 Å². The number of allylic oxidation sites excluding steroid dienone is 1. The maximum atomic E-state index is 15.1. The van der Waals surface area contributed by atoms with Crippen LogP contribution in [0.5, 0.6) is 0 Å². The molecule has 0 aliphatic carbocycles. The number of benzene rings is 1. The van der Waals surface area contributed by atoms with Crippen LogP contribution in [0.3, 0.4) is 0 Å². The molecule has 4 heterocycles. The molecule has 1 aromatic carbocycles. The van der Waals surface area contributed by atoms with Gasteiger partial charge in [0.25, 0.3) is 0 Å². The topological polar surface area (TPSA) is 160 Å². The number of piperidine rings is 1. The summed E-state index contributed by atoms with van der Waals surface area (Å²) in [6.45, 7) is 5.52. The van der Waals surface area contributed by atoms with Gasteiger partial charge in [-0.15, -0.1) is 0 Å². The molecule has 2 aliphatic rings. The number of nitrogens with one attached hydrogen (secondary N) is 3. The third kappa shape index (κ3) is 6.57. The highest BCUT2D eigenvalue weighted by molar-refractivity contribution is 6.09. The van der Waals surface area contributed by atoms with Crippen molar-refractivity contribution in [3.8, 4) is 6.07 Å². The molecule has 2 aliphatic heterocycles. The van der Waals surface area contributed by atoms with Crippen molar-refractivity contribution in [2.45, 2.75) is 44.2 Å². The highest BCUT2D eigenvalue weighted by Gasteiger charge is 2.37. The first-order valence-electron chi connectivity index (χ1n) is 14.8. The zero-order chi connectivity index (χ0) is 32.3. The summed E-state index contributed by atoms with van der Waals surface area (Å²) in [7, 11) is 1.78. The van der Waals surface area contributed by atoms with E-state index < -0.39 is 22.6 Å². The van der Waals surface area contributed by atoms with E-state index in [2.05, 4.69) is 38.2 Å². The van der Waals surface area contributed by atoms with Crippen LogP contribution in [-0.4, -0.2) is 76.9 Å². The van der Waals surface area contributed by atoms with E-state index >= 15 is 8.78 Å². The minimum atomic E-state index is -1.02. The van der Waals surface area contributed by atoms with Gasteiger partial charge in [0.2, 0.25) is 11.9 Å². The molecule has 2 saturated heterocycles. The highest BCUT2D eigenvalue weighted by atomic mass is 19.1. The first-order chi connectivity index (χ1) is 21.5. The van der Waals surface area contributed by atoms with Crippen LogP contribution in [0.15, 0.2) is 42.9 Å². The van der Waals surface area contributed by atoms with Crippen LogP contribution >= 0.6 is 0 Å². The van der Waals surface area contributed by atoms with Gasteiger partial charge in [-0.25, -0.2) is 13.8 Å². The summed E-state index contributed by atoms with van der Waals surface area (Å²) in [6, 6.07) is 6.08. The van der Waals surface area contributed by atoms with Gasteiger partial charge in [-0.1, -0.05) is 6.92 Å². The summed E-state index contributed by atoms with van der Waals surface area (Å²) in [5.74, 6) is -1.30. The van der Waals surface area contributed by atoms with Gasteiger partial charge in [-0.2, -0.15) is 5.26 Å². The summed E-state index contributed by atoms with van der Waals surface area (Å²) in [6.07, 6.45) is 8.39. The predicted molar refractivity (Wildman–Crippen MR) is 167 cm³/mol. The summed E-state index contributed by atoms with van der Waals surface area (Å²) >= 11 is 0. The lowest BCUT2D eigenvalue weighted by Gasteiger charge is -2.46. The number of nitrogens with two attached hydrogens (primary N) is 1. The smallest absolute Gasteiger partial charge is 0.219 e. The maximum absolute atomic E-state index is 15.1. The molecular weight excluding hydrogens is 580 g/mol. The Morgan fingerprint density at radius 1 is 1.29 bits per heavy atom. The first-order valence-corrected chi connectivity index (χ1v) is 14.8. The summed E-state index contributed by atoms with van der Waals surface area (Å²) < 4.78 is 35.5. The molecule has 11 nitrogen and oxygen atoms in total. The van der Waals surface area contributed by atoms with Crippen LogP contribution in [0.1, 0.15) is 43.5 Å². The van der Waals surface area contributed by atoms with E-state index in [1.54, 1.807) is 31.3 Å². The molecule has 0 bridgehead atoms. The molecule has 2 aromatic heterocycles. The molecular formula is C32H37F2N9O2. The van der Waals surface area contributed by atoms with Gasteiger partial charge in [0, 0.05) is 52.5 Å². The number of rotatable bonds is 8. The number of nitrogens with zero attached hydrogens (tertiary/aromatic N) is 5. The van der Waals surface area contributed by atoms with Gasteiger partial charge in [0.05, 0.1) is 58.3 Å². The fraction of sp³-hybridized carbons (Fsp3) is 0.406. The van der Waals surface area contributed by atoms with Crippen molar-refractivity contribution in [1.82, 2.24) is 19.9 Å². The van der Waals surface area contributed by atoms with Crippen molar-refractivity contribution in [2.24, 2.45) is 11.7 Å². The summed E-state index contributed by atoms with van der Waals surface area (Å²) in [5.41, 5.74) is 7.00. The first kappa shape index (κ1) is 31.7. The maximum Gasteiger partial charge on any atom is 0.219 e. The van der Waals surface area contributed by atoms with Crippen molar-refractivity contribution >= 4 is 35.0 Å². The molecule has 1 amide bonds. The highest BCUT2D eigenvalue weighted by Crippen LogP contribution is 2.36. The number of nitriles is 1. The Morgan fingerprint density at radius 3 is 2.64 bits per heavy atom. The molecule has 3 aromatic rings. The Bertz CT molecular complexity index is 1610. The zero-order valence-electron chi connectivity index (χ0n) is 25.5. The number of aromatic amines is 1. The van der Waals surface area contributed by atoms with Crippen molar-refractivity contribution in [3.63, 3.8) is 0 Å². The second-order valence-corrected chi connectivity index (χ2v) is 11.7. The molecule has 5 N–H and O–H groups in total.